The summed E-state index contributed by atoms with van der Waals surface area (Å²) in [5, 5.41) is 10.4. The van der Waals surface area contributed by atoms with Gasteiger partial charge in [-0.2, -0.15) is 18.6 Å². The van der Waals surface area contributed by atoms with Crippen molar-refractivity contribution in [1.82, 2.24) is 19.5 Å². The lowest BCUT2D eigenvalue weighted by molar-refractivity contribution is -0.113. The quantitative estimate of drug-likeness (QED) is 0.208. The molecule has 1 aliphatic heterocycles. The summed E-state index contributed by atoms with van der Waals surface area (Å²) in [5.74, 6) is -0.217. The summed E-state index contributed by atoms with van der Waals surface area (Å²) < 4.78 is 72.8. The molecule has 3 heterocycles. The molecule has 0 spiro atoms. The molecule has 2 unspecified atom stereocenters. The van der Waals surface area contributed by atoms with E-state index in [1.165, 1.54) is 0 Å². The van der Waals surface area contributed by atoms with Gasteiger partial charge in [-0.3, -0.25) is 9.09 Å². The maximum absolute atomic E-state index is 15.1. The summed E-state index contributed by atoms with van der Waals surface area (Å²) in [4.78, 5) is 47.9. The fraction of sp³-hybridized carbons (Fsp3) is 0.615. The molecule has 0 aromatic carbocycles. The summed E-state index contributed by atoms with van der Waals surface area (Å²) in [6.45, 7) is 1.88. The minimum Gasteiger partial charge on any atom is -0.476 e. The summed E-state index contributed by atoms with van der Waals surface area (Å²) >= 11 is 0. The minimum absolute atomic E-state index is 0.0122. The normalized spacial score (nSPS) is 28.6. The smallest absolute Gasteiger partial charge is 0.476 e. The predicted molar refractivity (Wildman–Crippen MR) is 110 cm³/mol. The summed E-state index contributed by atoms with van der Waals surface area (Å²) in [6, 6.07) is 0. The van der Waals surface area contributed by atoms with E-state index in [2.05, 4.69) is 28.1 Å². The molecule has 0 bridgehead atoms. The van der Waals surface area contributed by atoms with Crippen molar-refractivity contribution >= 4 is 40.6 Å². The number of aliphatic hydroxyl groups excluding tert-OH is 1. The van der Waals surface area contributed by atoms with E-state index in [4.69, 9.17) is 25.0 Å². The van der Waals surface area contributed by atoms with Crippen LogP contribution in [0.25, 0.3) is 11.2 Å². The van der Waals surface area contributed by atoms with Crippen molar-refractivity contribution in [1.29, 1.82) is 0 Å². The van der Waals surface area contributed by atoms with Gasteiger partial charge < -0.3 is 39.9 Å². The van der Waals surface area contributed by atoms with Crippen LogP contribution < -0.4 is 10.5 Å². The van der Waals surface area contributed by atoms with Gasteiger partial charge >= 0.3 is 23.5 Å². The Morgan fingerprint density at radius 2 is 1.86 bits per heavy atom. The molecule has 6 atom stereocenters. The fourth-order valence-corrected chi connectivity index (χ4v) is 6.19. The van der Waals surface area contributed by atoms with Gasteiger partial charge in [-0.1, -0.05) is 0 Å². The van der Waals surface area contributed by atoms with Crippen LogP contribution in [-0.2, 0) is 31.6 Å². The van der Waals surface area contributed by atoms with Crippen LogP contribution in [0.2, 0.25) is 0 Å². The van der Waals surface area contributed by atoms with E-state index < -0.39 is 54.2 Å². The Balaban J connectivity index is 1.80. The Labute approximate surface area is 195 Å². The molecule has 3 rings (SSSR count). The van der Waals surface area contributed by atoms with Crippen LogP contribution in [0.3, 0.4) is 0 Å². The molecule has 198 valence electrons. The van der Waals surface area contributed by atoms with Crippen molar-refractivity contribution in [2.75, 3.05) is 18.9 Å². The molecular formula is C13H21FN5O13P3. The number of anilines is 1. The molecule has 2 aromatic rings. The number of hydrogen-bond acceptors (Lipinski definition) is 13. The highest BCUT2D eigenvalue weighted by molar-refractivity contribution is 7.66. The molecule has 0 amide bonds. The van der Waals surface area contributed by atoms with Crippen molar-refractivity contribution < 1.29 is 65.4 Å². The third-order valence-corrected chi connectivity index (χ3v) is 8.26. The molecule has 0 aliphatic carbocycles. The number of alkyl halides is 1. The third kappa shape index (κ3) is 6.40. The van der Waals surface area contributed by atoms with Crippen molar-refractivity contribution in [3.63, 3.8) is 0 Å². The first-order chi connectivity index (χ1) is 16.0. The molecule has 22 heteroatoms. The van der Waals surface area contributed by atoms with E-state index in [1.807, 2.05) is 0 Å². The second-order valence-electron chi connectivity index (χ2n) is 7.22. The van der Waals surface area contributed by atoms with Gasteiger partial charge in [0.1, 0.15) is 11.7 Å². The van der Waals surface area contributed by atoms with Crippen molar-refractivity contribution in [2.24, 2.45) is 0 Å². The number of imidazole rings is 1. The van der Waals surface area contributed by atoms with Gasteiger partial charge in [0.25, 0.3) is 0 Å². The molecule has 1 aliphatic rings. The van der Waals surface area contributed by atoms with E-state index in [9.17, 15) is 28.6 Å². The van der Waals surface area contributed by atoms with Crippen LogP contribution >= 0.6 is 23.5 Å². The monoisotopic (exact) mass is 567 g/mol. The minimum atomic E-state index is -5.77. The van der Waals surface area contributed by atoms with E-state index in [0.717, 1.165) is 17.8 Å². The van der Waals surface area contributed by atoms with Gasteiger partial charge in [0.15, 0.2) is 23.6 Å². The highest BCUT2D eigenvalue weighted by atomic mass is 31.3. The van der Waals surface area contributed by atoms with E-state index in [-0.39, 0.29) is 29.6 Å². The zero-order valence-electron chi connectivity index (χ0n) is 17.8. The third-order valence-electron chi connectivity index (χ3n) is 4.48. The average molecular weight is 567 g/mol. The Hall–Kier alpha value is -1.59. The van der Waals surface area contributed by atoms with Gasteiger partial charge in [0, 0.05) is 0 Å². The first kappa shape index (κ1) is 28.0. The number of nitrogen functional groups attached to an aromatic ring is 1. The Kier molecular flexibility index (Phi) is 7.76. The maximum Gasteiger partial charge on any atom is 0.490 e. The number of phosphoric ester groups is 1. The molecule has 1 fully saturated rings. The van der Waals surface area contributed by atoms with Gasteiger partial charge in [0.2, 0.25) is 11.8 Å². The highest BCUT2D eigenvalue weighted by Crippen LogP contribution is 2.66. The summed E-state index contributed by atoms with van der Waals surface area (Å²) in [7, 11) is -16.9. The van der Waals surface area contributed by atoms with E-state index >= 15 is 4.39 Å². The number of rotatable bonds is 10. The van der Waals surface area contributed by atoms with Gasteiger partial charge in [0.05, 0.1) is 19.5 Å². The van der Waals surface area contributed by atoms with Crippen molar-refractivity contribution in [3.05, 3.63) is 6.33 Å². The van der Waals surface area contributed by atoms with Crippen LogP contribution in [-0.4, -0.2) is 75.3 Å². The Bertz CT molecular complexity index is 1240. The number of aromatic nitrogens is 4. The summed E-state index contributed by atoms with van der Waals surface area (Å²) in [5.41, 5.74) is 3.70. The van der Waals surface area contributed by atoms with Gasteiger partial charge in [-0.05, 0) is 13.8 Å². The molecule has 1 saturated heterocycles. The van der Waals surface area contributed by atoms with Crippen molar-refractivity contribution in [2.45, 2.75) is 38.0 Å². The van der Waals surface area contributed by atoms with Gasteiger partial charge in [-0.25, -0.2) is 23.1 Å². The number of nitrogens with zero attached hydrogens (tertiary/aromatic N) is 4. The molecule has 2 aromatic heterocycles. The topological polar surface area (TPSA) is 268 Å². The molecule has 0 saturated carbocycles. The van der Waals surface area contributed by atoms with Crippen molar-refractivity contribution in [3.8, 4) is 5.88 Å². The molecule has 18 nitrogen and oxygen atoms in total. The van der Waals surface area contributed by atoms with Crippen LogP contribution in [0.1, 0.15) is 20.1 Å². The van der Waals surface area contributed by atoms with Crippen LogP contribution in [0.15, 0.2) is 6.33 Å². The van der Waals surface area contributed by atoms with Crippen LogP contribution in [0.5, 0.6) is 5.88 Å². The average Bonchev–Trinajstić information content (AvgIpc) is 3.19. The zero-order valence-corrected chi connectivity index (χ0v) is 20.5. The lowest BCUT2D eigenvalue weighted by Gasteiger charge is -2.27. The number of halogens is 1. The highest BCUT2D eigenvalue weighted by Gasteiger charge is 2.55. The SMILES string of the molecule is CCOc1nc(N)nc2c1ncn2[C@@H]1O[C@](C)(COP(=O)(O)OP(=O)(O)OP(=O)(O)O)[C@@H](O)[C@H]1F. The molecule has 7 N–H and O–H groups in total. The number of aliphatic hydroxyl groups is 1. The number of fused-ring (bicyclic) bond motifs is 1. The fourth-order valence-electron chi connectivity index (χ4n) is 3.08. The predicted octanol–water partition coefficient (Wildman–Crippen LogP) is 0.137. The maximum atomic E-state index is 15.1. The second-order valence-corrected chi connectivity index (χ2v) is 11.6. The van der Waals surface area contributed by atoms with Gasteiger partial charge in [-0.15, -0.1) is 0 Å². The second kappa shape index (κ2) is 9.70. The number of ether oxygens (including phenoxy) is 2. The first-order valence-corrected chi connectivity index (χ1v) is 13.9. The van der Waals surface area contributed by atoms with Crippen LogP contribution in [0, 0.1) is 0 Å². The lowest BCUT2D eigenvalue weighted by atomic mass is 9.99. The molecule has 35 heavy (non-hydrogen) atoms. The Morgan fingerprint density at radius 1 is 1.20 bits per heavy atom. The Morgan fingerprint density at radius 3 is 2.46 bits per heavy atom. The molecule has 0 radical (unpaired) electrons. The summed E-state index contributed by atoms with van der Waals surface area (Å²) in [6.07, 6.45) is -4.65. The standard InChI is InChI=1S/C13H21FN5O13P3/c1-3-28-10-7-9(17-12(15)18-10)19(5-16-7)11-6(14)8(20)13(2,30-11)4-29-34(24,25)32-35(26,27)31-33(21,22)23/h5-6,8,11,20H,3-4H2,1-2H3,(H,24,25)(H,26,27)(H2,15,17,18)(H2,21,22,23)/t6-,8+,11-,13-/m1/s1. The van der Waals surface area contributed by atoms with E-state index in [1.54, 1.807) is 6.92 Å². The zero-order chi connectivity index (χ0) is 26.4. The number of phosphoric acid groups is 3. The lowest BCUT2D eigenvalue weighted by Crippen LogP contribution is -2.43. The number of nitrogens with two attached hydrogens (primary N) is 1. The van der Waals surface area contributed by atoms with Crippen LogP contribution in [0.4, 0.5) is 10.3 Å². The largest absolute Gasteiger partial charge is 0.490 e. The molecular weight excluding hydrogens is 546 g/mol. The number of hydrogen-bond donors (Lipinski definition) is 6. The first-order valence-electron chi connectivity index (χ1n) is 9.38. The van der Waals surface area contributed by atoms with E-state index in [0.29, 0.717) is 0 Å².